The molecule has 8 nitrogen and oxygen atoms in total. The molecule has 0 unspecified atom stereocenters. The van der Waals surface area contributed by atoms with Crippen LogP contribution < -0.4 is 5.32 Å². The number of amides is 3. The van der Waals surface area contributed by atoms with Gasteiger partial charge in [-0.3, -0.25) is 14.4 Å². The summed E-state index contributed by atoms with van der Waals surface area (Å²) >= 11 is 0. The first kappa shape index (κ1) is 27.8. The summed E-state index contributed by atoms with van der Waals surface area (Å²) in [4.78, 5) is 41.1. The third-order valence-electron chi connectivity index (χ3n) is 7.49. The predicted octanol–water partition coefficient (Wildman–Crippen LogP) is 3.91. The van der Waals surface area contributed by atoms with Crippen molar-refractivity contribution in [2.75, 3.05) is 13.1 Å². The molecule has 9 heteroatoms. The predicted molar refractivity (Wildman–Crippen MR) is 145 cm³/mol. The molecular formula is C29H37N3O5S. The fraction of sp³-hybridized carbons (Fsp3) is 0.483. The van der Waals surface area contributed by atoms with Gasteiger partial charge in [0.2, 0.25) is 11.8 Å². The van der Waals surface area contributed by atoms with E-state index in [2.05, 4.69) is 5.32 Å². The van der Waals surface area contributed by atoms with Crippen molar-refractivity contribution in [1.82, 2.24) is 14.5 Å². The van der Waals surface area contributed by atoms with Crippen LogP contribution in [-0.2, 0) is 26.0 Å². The Morgan fingerprint density at radius 3 is 2.39 bits per heavy atom. The number of hydrogen-bond donors (Lipinski definition) is 1. The number of hydrogen-bond acceptors (Lipinski definition) is 5. The molecule has 1 saturated carbocycles. The van der Waals surface area contributed by atoms with Gasteiger partial charge < -0.3 is 10.2 Å². The van der Waals surface area contributed by atoms with Gasteiger partial charge in [0.25, 0.3) is 15.9 Å². The highest BCUT2D eigenvalue weighted by Gasteiger charge is 2.40. The van der Waals surface area contributed by atoms with E-state index in [0.717, 1.165) is 35.6 Å². The molecule has 1 heterocycles. The fourth-order valence-electron chi connectivity index (χ4n) is 5.41. The topological polar surface area (TPSA) is 104 Å². The minimum atomic E-state index is -3.92. The minimum absolute atomic E-state index is 0.00578. The summed E-state index contributed by atoms with van der Waals surface area (Å²) in [7, 11) is -3.92. The van der Waals surface area contributed by atoms with Gasteiger partial charge in [0.15, 0.2) is 0 Å². The van der Waals surface area contributed by atoms with E-state index in [9.17, 15) is 22.8 Å². The lowest BCUT2D eigenvalue weighted by Gasteiger charge is -2.33. The second-order valence-corrected chi connectivity index (χ2v) is 11.9. The molecule has 1 aliphatic heterocycles. The van der Waals surface area contributed by atoms with Crippen LogP contribution in [0.15, 0.2) is 59.5 Å². The summed E-state index contributed by atoms with van der Waals surface area (Å²) in [5.41, 5.74) is 1.23. The van der Waals surface area contributed by atoms with Crippen molar-refractivity contribution in [3.05, 3.63) is 65.7 Å². The highest BCUT2D eigenvalue weighted by molar-refractivity contribution is 7.90. The van der Waals surface area contributed by atoms with Crippen LogP contribution in [0.3, 0.4) is 0 Å². The largest absolute Gasteiger partial charge is 0.352 e. The standard InChI is InChI=1S/C29H37N3O5S/c1-2-25(28(34)30-23-14-7-4-8-15-23)31(21-19-22-12-5-3-6-13-22)27(33)18-11-20-32-29(35)24-16-9-10-17-26(24)38(32,36)37/h3,5-6,9-10,12-13,16-17,23,25H,2,4,7-8,11,14-15,18-21H2,1H3,(H,30,34)/t25-/m1/s1. The van der Waals surface area contributed by atoms with E-state index in [-0.39, 0.29) is 47.7 Å². The highest BCUT2D eigenvalue weighted by Crippen LogP contribution is 2.30. The Morgan fingerprint density at radius 1 is 1.03 bits per heavy atom. The van der Waals surface area contributed by atoms with E-state index < -0.39 is 22.0 Å². The number of sulfonamides is 1. The van der Waals surface area contributed by atoms with Crippen LogP contribution in [0.5, 0.6) is 0 Å². The molecule has 38 heavy (non-hydrogen) atoms. The molecule has 0 aromatic heterocycles. The molecule has 4 rings (SSSR count). The van der Waals surface area contributed by atoms with E-state index >= 15 is 0 Å². The molecule has 1 fully saturated rings. The SMILES string of the molecule is CC[C@H](C(=O)NC1CCCCC1)N(CCc1ccccc1)C(=O)CCCN1C(=O)c2ccccc2S1(=O)=O. The Bertz CT molecular complexity index is 1240. The summed E-state index contributed by atoms with van der Waals surface area (Å²) in [5, 5.41) is 3.17. The third-order valence-corrected chi connectivity index (χ3v) is 9.33. The molecule has 0 spiro atoms. The maximum Gasteiger partial charge on any atom is 0.269 e. The monoisotopic (exact) mass is 539 g/mol. The van der Waals surface area contributed by atoms with Crippen molar-refractivity contribution < 1.29 is 22.8 Å². The zero-order valence-corrected chi connectivity index (χ0v) is 22.8. The number of carbonyl (C=O) groups is 3. The van der Waals surface area contributed by atoms with Gasteiger partial charge in [-0.2, -0.15) is 0 Å². The molecule has 0 bridgehead atoms. The van der Waals surface area contributed by atoms with Gasteiger partial charge in [-0.15, -0.1) is 0 Å². The zero-order valence-electron chi connectivity index (χ0n) is 22.0. The van der Waals surface area contributed by atoms with Gasteiger partial charge in [-0.1, -0.05) is 68.7 Å². The molecule has 2 aromatic rings. The Hall–Kier alpha value is -3.20. The van der Waals surface area contributed by atoms with Gasteiger partial charge in [-0.05, 0) is 49.8 Å². The van der Waals surface area contributed by atoms with Crippen LogP contribution in [0.25, 0.3) is 0 Å². The minimum Gasteiger partial charge on any atom is -0.352 e. The summed E-state index contributed by atoms with van der Waals surface area (Å²) in [6.45, 7) is 2.20. The second kappa shape index (κ2) is 12.6. The summed E-state index contributed by atoms with van der Waals surface area (Å²) in [5.74, 6) is -0.908. The molecule has 1 atom stereocenters. The van der Waals surface area contributed by atoms with Crippen molar-refractivity contribution in [3.63, 3.8) is 0 Å². The van der Waals surface area contributed by atoms with Crippen LogP contribution in [-0.4, -0.2) is 60.5 Å². The first-order valence-electron chi connectivity index (χ1n) is 13.6. The van der Waals surface area contributed by atoms with E-state index in [1.807, 2.05) is 37.3 Å². The summed E-state index contributed by atoms with van der Waals surface area (Å²) in [6.07, 6.45) is 6.60. The maximum absolute atomic E-state index is 13.5. The molecule has 2 aliphatic rings. The van der Waals surface area contributed by atoms with Gasteiger partial charge in [0.1, 0.15) is 10.9 Å². The van der Waals surface area contributed by atoms with Crippen LogP contribution in [0.1, 0.15) is 74.2 Å². The number of nitrogens with one attached hydrogen (secondary N) is 1. The van der Waals surface area contributed by atoms with Gasteiger partial charge in [0.05, 0.1) is 5.56 Å². The van der Waals surface area contributed by atoms with Crippen LogP contribution in [0.4, 0.5) is 0 Å². The third kappa shape index (κ3) is 6.26. The highest BCUT2D eigenvalue weighted by atomic mass is 32.2. The fourth-order valence-corrected chi connectivity index (χ4v) is 7.02. The number of benzene rings is 2. The summed E-state index contributed by atoms with van der Waals surface area (Å²) < 4.78 is 26.6. The van der Waals surface area contributed by atoms with Crippen LogP contribution in [0.2, 0.25) is 0 Å². The summed E-state index contributed by atoms with van der Waals surface area (Å²) in [6, 6.07) is 15.5. The van der Waals surface area contributed by atoms with Gasteiger partial charge in [-0.25, -0.2) is 12.7 Å². The number of nitrogens with zero attached hydrogens (tertiary/aromatic N) is 2. The Kier molecular flexibility index (Phi) is 9.20. The first-order valence-corrected chi connectivity index (χ1v) is 15.1. The van der Waals surface area contributed by atoms with Crippen molar-refractivity contribution >= 4 is 27.7 Å². The van der Waals surface area contributed by atoms with Crippen molar-refractivity contribution in [2.24, 2.45) is 0 Å². The maximum atomic E-state index is 13.5. The Labute approximate surface area is 225 Å². The normalized spacial score (nSPS) is 17.6. The molecule has 3 amide bonds. The number of carbonyl (C=O) groups excluding carboxylic acids is 3. The van der Waals surface area contributed by atoms with E-state index in [1.165, 1.54) is 18.6 Å². The smallest absolute Gasteiger partial charge is 0.269 e. The average molecular weight is 540 g/mol. The molecule has 204 valence electrons. The van der Waals surface area contributed by atoms with Crippen molar-refractivity contribution in [1.29, 1.82) is 0 Å². The molecule has 0 saturated heterocycles. The molecule has 0 radical (unpaired) electrons. The molecular weight excluding hydrogens is 502 g/mol. The molecule has 1 N–H and O–H groups in total. The van der Waals surface area contributed by atoms with Crippen molar-refractivity contribution in [2.45, 2.75) is 81.7 Å². The van der Waals surface area contributed by atoms with E-state index in [4.69, 9.17) is 0 Å². The average Bonchev–Trinajstić information content (AvgIpc) is 3.12. The van der Waals surface area contributed by atoms with Gasteiger partial charge in [0, 0.05) is 25.6 Å². The molecule has 2 aromatic carbocycles. The lowest BCUT2D eigenvalue weighted by molar-refractivity contribution is -0.141. The Morgan fingerprint density at radius 2 is 1.71 bits per heavy atom. The quantitative estimate of drug-likeness (QED) is 0.466. The van der Waals surface area contributed by atoms with Gasteiger partial charge >= 0.3 is 0 Å². The van der Waals surface area contributed by atoms with Crippen LogP contribution in [0, 0.1) is 0 Å². The lowest BCUT2D eigenvalue weighted by Crippen LogP contribution is -2.52. The first-order chi connectivity index (χ1) is 18.3. The van der Waals surface area contributed by atoms with E-state index in [1.54, 1.807) is 17.0 Å². The number of rotatable bonds is 11. The number of fused-ring (bicyclic) bond motifs is 1. The van der Waals surface area contributed by atoms with Crippen molar-refractivity contribution in [3.8, 4) is 0 Å². The second-order valence-electron chi connectivity index (χ2n) is 10.1. The Balaban J connectivity index is 1.43. The lowest BCUT2D eigenvalue weighted by atomic mass is 9.95. The zero-order chi connectivity index (χ0) is 27.1. The van der Waals surface area contributed by atoms with E-state index in [0.29, 0.717) is 19.4 Å². The molecule has 1 aliphatic carbocycles. The van der Waals surface area contributed by atoms with Crippen LogP contribution >= 0.6 is 0 Å².